The maximum atomic E-state index is 11.9. The van der Waals surface area contributed by atoms with Crippen LogP contribution in [0.3, 0.4) is 0 Å². The lowest BCUT2D eigenvalue weighted by Gasteiger charge is -2.21. The van der Waals surface area contributed by atoms with Crippen molar-refractivity contribution >= 4 is 34.5 Å². The molecule has 0 radical (unpaired) electrons. The van der Waals surface area contributed by atoms with Gasteiger partial charge in [0, 0.05) is 17.6 Å². The van der Waals surface area contributed by atoms with E-state index < -0.39 is 17.1 Å². The van der Waals surface area contributed by atoms with Crippen LogP contribution in [0.1, 0.15) is 5.56 Å². The molecule has 2 rings (SSSR count). The van der Waals surface area contributed by atoms with Crippen LogP contribution in [-0.4, -0.2) is 34.4 Å². The van der Waals surface area contributed by atoms with Crippen LogP contribution in [-0.2, 0) is 20.7 Å². The zero-order valence-electron chi connectivity index (χ0n) is 10.3. The van der Waals surface area contributed by atoms with Gasteiger partial charge in [0.25, 0.3) is 0 Å². The molecule has 5 nitrogen and oxygen atoms in total. The van der Waals surface area contributed by atoms with Crippen LogP contribution >= 0.6 is 11.6 Å². The molecule has 0 N–H and O–H groups in total. The minimum absolute atomic E-state index is 0.195. The first kappa shape index (κ1) is 13.8. The van der Waals surface area contributed by atoms with Gasteiger partial charge in [-0.1, -0.05) is 23.7 Å². The molecule has 0 amide bonds. The molecule has 0 fully saturated rings. The number of likely N-dealkylation sites (N-methyl/N-ethyl adjacent to an activating group) is 1. The second kappa shape index (κ2) is 5.54. The van der Waals surface area contributed by atoms with Crippen molar-refractivity contribution in [3.8, 4) is 0 Å². The molecule has 1 aromatic rings. The van der Waals surface area contributed by atoms with E-state index in [4.69, 9.17) is 11.6 Å². The molecule has 1 aliphatic rings. The second-order valence-electron chi connectivity index (χ2n) is 3.73. The molecule has 1 atom stereocenters. The van der Waals surface area contributed by atoms with Crippen molar-refractivity contribution in [1.29, 1.82) is 0 Å². The van der Waals surface area contributed by atoms with Gasteiger partial charge in [0.2, 0.25) is 11.2 Å². The fraction of sp³-hybridized carbons (Fsp3) is 0.167. The highest BCUT2D eigenvalue weighted by atomic mass is 35.5. The number of carbonyl (C=O) groups is 1. The van der Waals surface area contributed by atoms with Crippen molar-refractivity contribution in [3.05, 3.63) is 46.6 Å². The Morgan fingerprint density at radius 1 is 1.37 bits per heavy atom. The molecule has 19 heavy (non-hydrogen) atoms. The average molecular weight is 299 g/mol. The Morgan fingerprint density at radius 2 is 2.00 bits per heavy atom. The summed E-state index contributed by atoms with van der Waals surface area (Å²) < 4.78 is 21.8. The third-order valence-electron chi connectivity index (χ3n) is 2.56. The van der Waals surface area contributed by atoms with Gasteiger partial charge >= 0.3 is 5.97 Å². The molecular formula is C12H11ClN2O3S. The van der Waals surface area contributed by atoms with E-state index in [0.29, 0.717) is 10.7 Å². The van der Waals surface area contributed by atoms with E-state index in [2.05, 4.69) is 9.13 Å². The van der Waals surface area contributed by atoms with Crippen molar-refractivity contribution in [2.24, 2.45) is 4.40 Å². The number of ether oxygens (including phenoxy) is 1. The number of nitrogens with zero attached hydrogens (tertiary/aromatic N) is 2. The Labute approximate surface area is 118 Å². The molecule has 100 valence electrons. The molecule has 1 aliphatic heterocycles. The Morgan fingerprint density at radius 3 is 2.58 bits per heavy atom. The highest BCUT2D eigenvalue weighted by Gasteiger charge is 2.25. The quantitative estimate of drug-likeness (QED) is 0.781. The van der Waals surface area contributed by atoms with E-state index in [1.165, 1.54) is 24.5 Å². The fourth-order valence-electron chi connectivity index (χ4n) is 1.52. The summed E-state index contributed by atoms with van der Waals surface area (Å²) in [4.78, 5) is 11.6. The topological polar surface area (TPSA) is 59.0 Å². The molecule has 0 saturated heterocycles. The number of hydrogen-bond donors (Lipinski definition) is 0. The van der Waals surface area contributed by atoms with Crippen molar-refractivity contribution in [2.75, 3.05) is 14.2 Å². The number of benzene rings is 1. The molecular weight excluding hydrogens is 288 g/mol. The van der Waals surface area contributed by atoms with E-state index in [-0.39, 0.29) is 5.70 Å². The Hall–Kier alpha value is -1.66. The lowest BCUT2D eigenvalue weighted by molar-refractivity contribution is -0.137. The first-order chi connectivity index (χ1) is 9.02. The van der Waals surface area contributed by atoms with E-state index in [9.17, 15) is 9.00 Å². The summed E-state index contributed by atoms with van der Waals surface area (Å²) in [5.41, 5.74) is 1.38. The zero-order chi connectivity index (χ0) is 14.0. The van der Waals surface area contributed by atoms with Crippen molar-refractivity contribution in [2.45, 2.75) is 0 Å². The molecule has 0 spiro atoms. The first-order valence-electron chi connectivity index (χ1n) is 5.33. The molecule has 1 aromatic carbocycles. The summed E-state index contributed by atoms with van der Waals surface area (Å²) in [5, 5.41) is 0.593. The minimum Gasteiger partial charge on any atom is -0.464 e. The fourth-order valence-corrected chi connectivity index (χ4v) is 2.40. The van der Waals surface area contributed by atoms with Crippen LogP contribution in [0.15, 0.2) is 40.4 Å². The van der Waals surface area contributed by atoms with Crippen LogP contribution in [0.5, 0.6) is 0 Å². The number of esters is 1. The predicted molar refractivity (Wildman–Crippen MR) is 74.0 cm³/mol. The van der Waals surface area contributed by atoms with E-state index in [1.54, 1.807) is 24.3 Å². The zero-order valence-corrected chi connectivity index (χ0v) is 11.9. The van der Waals surface area contributed by atoms with Gasteiger partial charge in [-0.15, -0.1) is 0 Å². The number of carbonyl (C=O) groups excluding carboxylic acids is 1. The molecule has 1 unspecified atom stereocenters. The lowest BCUT2D eigenvalue weighted by Crippen LogP contribution is -2.30. The second-order valence-corrected chi connectivity index (χ2v) is 5.36. The van der Waals surface area contributed by atoms with Crippen molar-refractivity contribution < 1.29 is 13.7 Å². The molecule has 1 heterocycles. The third-order valence-corrected chi connectivity index (χ3v) is 3.83. The summed E-state index contributed by atoms with van der Waals surface area (Å²) in [6.07, 6.45) is 1.54. The maximum Gasteiger partial charge on any atom is 0.355 e. The lowest BCUT2D eigenvalue weighted by atomic mass is 10.1. The van der Waals surface area contributed by atoms with Gasteiger partial charge in [0.15, 0.2) is 0 Å². The summed E-state index contributed by atoms with van der Waals surface area (Å²) >= 11 is 4.15. The third kappa shape index (κ3) is 2.85. The average Bonchev–Trinajstić information content (AvgIpc) is 2.41. The smallest absolute Gasteiger partial charge is 0.355 e. The number of allylic oxidation sites excluding steroid dienone is 1. The summed E-state index contributed by atoms with van der Waals surface area (Å²) in [5.74, 6) is -0.558. The number of rotatable bonds is 2. The van der Waals surface area contributed by atoms with Crippen LogP contribution < -0.4 is 0 Å². The molecule has 0 aromatic heterocycles. The normalized spacial score (nSPS) is 18.7. The first-order valence-corrected chi connectivity index (χ1v) is 6.77. The van der Waals surface area contributed by atoms with E-state index in [1.807, 2.05) is 0 Å². The van der Waals surface area contributed by atoms with Crippen LogP contribution in [0.25, 0.3) is 0 Å². The highest BCUT2D eigenvalue weighted by molar-refractivity contribution is 7.81. The van der Waals surface area contributed by atoms with Gasteiger partial charge in [-0.3, -0.25) is 4.31 Å². The predicted octanol–water partition coefficient (Wildman–Crippen LogP) is 1.71. The maximum absolute atomic E-state index is 11.9. The van der Waals surface area contributed by atoms with E-state index >= 15 is 0 Å². The van der Waals surface area contributed by atoms with Crippen molar-refractivity contribution in [3.63, 3.8) is 0 Å². The number of methoxy groups -OCH3 is 1. The SMILES string of the molecule is COC(=O)C1=CC(c2ccc(Cl)cc2)=NS(=O)N1C. The van der Waals surface area contributed by atoms with Crippen molar-refractivity contribution in [1.82, 2.24) is 4.31 Å². The summed E-state index contributed by atoms with van der Waals surface area (Å²) in [6.45, 7) is 0. The Kier molecular flexibility index (Phi) is 4.01. The standard InChI is InChI=1S/C12H11ClN2O3S/c1-15-11(12(16)18-2)7-10(14-19(15)17)8-3-5-9(13)6-4-8/h3-7H,1-2H3. The van der Waals surface area contributed by atoms with Crippen LogP contribution in [0.4, 0.5) is 0 Å². The molecule has 0 bridgehead atoms. The van der Waals surface area contributed by atoms with Gasteiger partial charge in [-0.05, 0) is 18.2 Å². The summed E-state index contributed by atoms with van der Waals surface area (Å²) in [7, 11) is 2.79. The van der Waals surface area contributed by atoms with Gasteiger partial charge in [-0.2, -0.15) is 4.40 Å². The number of halogens is 1. The van der Waals surface area contributed by atoms with Crippen LogP contribution in [0.2, 0.25) is 5.02 Å². The Bertz CT molecular complexity index is 595. The highest BCUT2D eigenvalue weighted by Crippen LogP contribution is 2.19. The molecule has 0 aliphatic carbocycles. The Balaban J connectivity index is 2.43. The molecule has 0 saturated carbocycles. The van der Waals surface area contributed by atoms with E-state index in [0.717, 1.165) is 5.56 Å². The minimum atomic E-state index is -1.65. The largest absolute Gasteiger partial charge is 0.464 e. The van der Waals surface area contributed by atoms with Gasteiger partial charge in [0.1, 0.15) is 5.70 Å². The van der Waals surface area contributed by atoms with Crippen LogP contribution in [0, 0.1) is 0 Å². The summed E-state index contributed by atoms with van der Waals surface area (Å²) in [6, 6.07) is 6.89. The monoisotopic (exact) mass is 298 g/mol. The molecule has 7 heteroatoms. The number of hydrogen-bond acceptors (Lipinski definition) is 3. The van der Waals surface area contributed by atoms with Gasteiger partial charge in [0.05, 0.1) is 12.8 Å². The van der Waals surface area contributed by atoms with Gasteiger partial charge in [-0.25, -0.2) is 9.00 Å². The van der Waals surface area contributed by atoms with Gasteiger partial charge < -0.3 is 4.74 Å².